The van der Waals surface area contributed by atoms with Crippen molar-refractivity contribution in [1.29, 1.82) is 0 Å². The fourth-order valence-corrected chi connectivity index (χ4v) is 3.26. The van der Waals surface area contributed by atoms with Crippen LogP contribution >= 0.6 is 11.3 Å². The van der Waals surface area contributed by atoms with Gasteiger partial charge in [-0.3, -0.25) is 9.78 Å². The molecule has 4 rings (SSSR count). The Hall–Kier alpha value is -3.59. The minimum Gasteiger partial charge on any atom is -0.455 e. The molecule has 0 saturated heterocycles. The summed E-state index contributed by atoms with van der Waals surface area (Å²) in [7, 11) is 0. The predicted octanol–water partition coefficient (Wildman–Crippen LogP) is 3.47. The van der Waals surface area contributed by atoms with E-state index in [1.54, 1.807) is 24.5 Å². The molecule has 1 N–H and O–H groups in total. The SMILES string of the molecule is Cc1cc(NC(=O)c2sccc2-n2cnnn2)ccc1Oc1cccnc1. The summed E-state index contributed by atoms with van der Waals surface area (Å²) in [6, 6.07) is 10.9. The summed E-state index contributed by atoms with van der Waals surface area (Å²) in [6.45, 7) is 1.92. The average Bonchev–Trinajstić information content (AvgIpc) is 3.36. The molecule has 3 heterocycles. The highest BCUT2D eigenvalue weighted by Crippen LogP contribution is 2.28. The van der Waals surface area contributed by atoms with Crippen LogP contribution in [-0.4, -0.2) is 31.1 Å². The van der Waals surface area contributed by atoms with E-state index in [0.29, 0.717) is 27.8 Å². The lowest BCUT2D eigenvalue weighted by Gasteiger charge is -2.11. The van der Waals surface area contributed by atoms with Crippen LogP contribution in [0.15, 0.2) is 60.5 Å². The molecule has 0 unspecified atom stereocenters. The van der Waals surface area contributed by atoms with Crippen molar-refractivity contribution in [2.45, 2.75) is 6.92 Å². The van der Waals surface area contributed by atoms with Gasteiger partial charge in [0.2, 0.25) is 0 Å². The Morgan fingerprint density at radius 2 is 2.19 bits per heavy atom. The van der Waals surface area contributed by atoms with Gasteiger partial charge in [-0.2, -0.15) is 4.68 Å². The lowest BCUT2D eigenvalue weighted by Crippen LogP contribution is -2.13. The second-order valence-corrected chi connectivity index (χ2v) is 6.53. The molecule has 0 aliphatic rings. The zero-order valence-corrected chi connectivity index (χ0v) is 15.1. The maximum Gasteiger partial charge on any atom is 0.267 e. The second kappa shape index (κ2) is 7.34. The molecule has 0 aliphatic heterocycles. The lowest BCUT2D eigenvalue weighted by atomic mass is 10.2. The van der Waals surface area contributed by atoms with Crippen molar-refractivity contribution in [3.8, 4) is 17.2 Å². The quantitative estimate of drug-likeness (QED) is 0.571. The molecule has 0 atom stereocenters. The highest BCUT2D eigenvalue weighted by atomic mass is 32.1. The number of thiophene rings is 1. The van der Waals surface area contributed by atoms with Crippen molar-refractivity contribution in [2.24, 2.45) is 0 Å². The molecule has 0 spiro atoms. The molecule has 0 radical (unpaired) electrons. The third kappa shape index (κ3) is 3.67. The number of nitrogens with one attached hydrogen (secondary N) is 1. The first-order valence-electron chi connectivity index (χ1n) is 8.01. The normalized spacial score (nSPS) is 10.6. The van der Waals surface area contributed by atoms with E-state index >= 15 is 0 Å². The Kier molecular flexibility index (Phi) is 4.58. The predicted molar refractivity (Wildman–Crippen MR) is 100 cm³/mol. The number of hydrogen-bond donors (Lipinski definition) is 1. The van der Waals surface area contributed by atoms with E-state index in [-0.39, 0.29) is 5.91 Å². The van der Waals surface area contributed by atoms with Gasteiger partial charge in [0.15, 0.2) is 0 Å². The van der Waals surface area contributed by atoms with E-state index in [4.69, 9.17) is 4.74 Å². The Bertz CT molecular complexity index is 1060. The van der Waals surface area contributed by atoms with Crippen molar-refractivity contribution in [3.63, 3.8) is 0 Å². The standard InChI is InChI=1S/C18H14N6O2S/c1-12-9-13(4-5-16(12)26-14-3-2-7-19-10-14)21-18(25)17-15(6-8-27-17)24-11-20-22-23-24/h2-11H,1H3,(H,21,25). The summed E-state index contributed by atoms with van der Waals surface area (Å²) < 4.78 is 7.27. The maximum atomic E-state index is 12.7. The van der Waals surface area contributed by atoms with Crippen LogP contribution in [-0.2, 0) is 0 Å². The number of ether oxygens (including phenoxy) is 1. The minimum absolute atomic E-state index is 0.226. The smallest absolute Gasteiger partial charge is 0.267 e. The zero-order chi connectivity index (χ0) is 18.6. The number of nitrogens with zero attached hydrogens (tertiary/aromatic N) is 5. The Balaban J connectivity index is 1.51. The van der Waals surface area contributed by atoms with Gasteiger partial charge >= 0.3 is 0 Å². The molecule has 134 valence electrons. The summed E-state index contributed by atoms with van der Waals surface area (Å²) in [5, 5.41) is 15.8. The number of carbonyl (C=O) groups excluding carboxylic acids is 1. The largest absolute Gasteiger partial charge is 0.455 e. The van der Waals surface area contributed by atoms with Crippen LogP contribution in [0.2, 0.25) is 0 Å². The van der Waals surface area contributed by atoms with E-state index < -0.39 is 0 Å². The third-order valence-electron chi connectivity index (χ3n) is 3.74. The fraction of sp³-hybridized carbons (Fsp3) is 0.0556. The van der Waals surface area contributed by atoms with Crippen molar-refractivity contribution in [1.82, 2.24) is 25.2 Å². The van der Waals surface area contributed by atoms with Crippen molar-refractivity contribution < 1.29 is 9.53 Å². The van der Waals surface area contributed by atoms with Gasteiger partial charge in [0.25, 0.3) is 5.91 Å². The van der Waals surface area contributed by atoms with Gasteiger partial charge in [0, 0.05) is 11.9 Å². The average molecular weight is 378 g/mol. The minimum atomic E-state index is -0.226. The van der Waals surface area contributed by atoms with Crippen LogP contribution in [0.5, 0.6) is 11.5 Å². The first-order chi connectivity index (χ1) is 13.2. The number of amides is 1. The highest BCUT2D eigenvalue weighted by molar-refractivity contribution is 7.12. The number of benzene rings is 1. The number of aromatic nitrogens is 5. The lowest BCUT2D eigenvalue weighted by molar-refractivity contribution is 0.103. The summed E-state index contributed by atoms with van der Waals surface area (Å²) in [6.07, 6.45) is 4.78. The van der Waals surface area contributed by atoms with Gasteiger partial charge < -0.3 is 10.1 Å². The number of carbonyl (C=O) groups is 1. The molecule has 0 saturated carbocycles. The van der Waals surface area contributed by atoms with E-state index in [0.717, 1.165) is 5.56 Å². The van der Waals surface area contributed by atoms with E-state index in [9.17, 15) is 4.79 Å². The van der Waals surface area contributed by atoms with Gasteiger partial charge in [-0.05, 0) is 64.7 Å². The molecular formula is C18H14N6O2S. The van der Waals surface area contributed by atoms with Gasteiger partial charge in [-0.1, -0.05) is 0 Å². The number of anilines is 1. The Morgan fingerprint density at radius 1 is 1.26 bits per heavy atom. The van der Waals surface area contributed by atoms with Crippen LogP contribution in [0.25, 0.3) is 5.69 Å². The van der Waals surface area contributed by atoms with Crippen LogP contribution < -0.4 is 10.1 Å². The van der Waals surface area contributed by atoms with Gasteiger partial charge in [0.1, 0.15) is 22.7 Å². The third-order valence-corrected chi connectivity index (χ3v) is 4.64. The molecule has 1 amide bonds. The summed E-state index contributed by atoms with van der Waals surface area (Å²) in [4.78, 5) is 17.2. The first-order valence-corrected chi connectivity index (χ1v) is 8.89. The van der Waals surface area contributed by atoms with Crippen LogP contribution in [0.4, 0.5) is 5.69 Å². The molecule has 0 bridgehead atoms. The van der Waals surface area contributed by atoms with E-state index in [2.05, 4.69) is 25.8 Å². The van der Waals surface area contributed by atoms with E-state index in [1.807, 2.05) is 36.6 Å². The zero-order valence-electron chi connectivity index (χ0n) is 14.2. The summed E-state index contributed by atoms with van der Waals surface area (Å²) >= 11 is 1.32. The monoisotopic (exact) mass is 378 g/mol. The van der Waals surface area contributed by atoms with E-state index in [1.165, 1.54) is 22.3 Å². The molecule has 27 heavy (non-hydrogen) atoms. The van der Waals surface area contributed by atoms with Crippen molar-refractivity contribution in [3.05, 3.63) is 70.9 Å². The maximum absolute atomic E-state index is 12.7. The Morgan fingerprint density at radius 3 is 2.93 bits per heavy atom. The van der Waals surface area contributed by atoms with Gasteiger partial charge in [-0.15, -0.1) is 16.4 Å². The molecule has 9 heteroatoms. The number of pyridine rings is 1. The van der Waals surface area contributed by atoms with Gasteiger partial charge in [0.05, 0.1) is 11.9 Å². The number of rotatable bonds is 5. The topological polar surface area (TPSA) is 94.8 Å². The second-order valence-electron chi connectivity index (χ2n) is 5.61. The number of tetrazole rings is 1. The Labute approximate surface area is 158 Å². The first kappa shape index (κ1) is 16.9. The summed E-state index contributed by atoms with van der Waals surface area (Å²) in [5.41, 5.74) is 2.20. The number of aryl methyl sites for hydroxylation is 1. The van der Waals surface area contributed by atoms with Crippen LogP contribution in [0, 0.1) is 6.92 Å². The molecule has 3 aromatic heterocycles. The molecule has 1 aromatic carbocycles. The molecule has 8 nitrogen and oxygen atoms in total. The molecule has 0 aliphatic carbocycles. The molecule has 4 aromatic rings. The van der Waals surface area contributed by atoms with Crippen LogP contribution in [0.3, 0.4) is 0 Å². The van der Waals surface area contributed by atoms with Crippen molar-refractivity contribution in [2.75, 3.05) is 5.32 Å². The molecule has 0 fully saturated rings. The summed E-state index contributed by atoms with van der Waals surface area (Å²) in [5.74, 6) is 1.13. The fourth-order valence-electron chi connectivity index (χ4n) is 2.49. The van der Waals surface area contributed by atoms with Crippen molar-refractivity contribution >= 4 is 22.9 Å². The molecular weight excluding hydrogens is 364 g/mol. The number of hydrogen-bond acceptors (Lipinski definition) is 7. The highest BCUT2D eigenvalue weighted by Gasteiger charge is 2.16. The van der Waals surface area contributed by atoms with Gasteiger partial charge in [-0.25, -0.2) is 0 Å². The van der Waals surface area contributed by atoms with Crippen LogP contribution in [0.1, 0.15) is 15.2 Å².